The Bertz CT molecular complexity index is 454. The Morgan fingerprint density at radius 3 is 2.50 bits per heavy atom. The monoisotopic (exact) mass is 282 g/mol. The Kier molecular flexibility index (Phi) is 6.13. The molecule has 1 aromatic heterocycles. The molecular formula is C14H26N4O2. The highest BCUT2D eigenvalue weighted by atomic mass is 16.6. The van der Waals surface area contributed by atoms with Gasteiger partial charge in [-0.2, -0.15) is 5.10 Å². The van der Waals surface area contributed by atoms with Crippen molar-refractivity contribution in [2.45, 2.75) is 53.0 Å². The van der Waals surface area contributed by atoms with Crippen LogP contribution in [0, 0.1) is 16.0 Å². The predicted molar refractivity (Wildman–Crippen MR) is 79.9 cm³/mol. The molecule has 20 heavy (non-hydrogen) atoms. The molecule has 1 unspecified atom stereocenters. The molecule has 6 heteroatoms. The number of aromatic nitrogens is 2. The molecule has 0 fully saturated rings. The molecular weight excluding hydrogens is 256 g/mol. The highest BCUT2D eigenvalue weighted by Crippen LogP contribution is 2.25. The van der Waals surface area contributed by atoms with Gasteiger partial charge in [-0.25, -0.2) is 0 Å². The lowest BCUT2D eigenvalue weighted by atomic mass is 9.98. The van der Waals surface area contributed by atoms with Gasteiger partial charge in [0.05, 0.1) is 4.92 Å². The second-order valence-electron chi connectivity index (χ2n) is 5.49. The van der Waals surface area contributed by atoms with Crippen LogP contribution >= 0.6 is 0 Å². The third-order valence-corrected chi connectivity index (χ3v) is 3.60. The normalized spacial score (nSPS) is 12.9. The molecule has 1 atom stereocenters. The van der Waals surface area contributed by atoms with E-state index in [0.717, 1.165) is 13.0 Å². The van der Waals surface area contributed by atoms with E-state index in [1.807, 2.05) is 6.92 Å². The maximum absolute atomic E-state index is 11.3. The smallest absolute Gasteiger partial charge is 0.313 e. The molecule has 0 aromatic carbocycles. The first-order valence-electron chi connectivity index (χ1n) is 7.34. The number of hydrogen-bond acceptors (Lipinski definition) is 4. The summed E-state index contributed by atoms with van der Waals surface area (Å²) in [6.07, 6.45) is 2.27. The van der Waals surface area contributed by atoms with Gasteiger partial charge in [0.15, 0.2) is 0 Å². The summed E-state index contributed by atoms with van der Waals surface area (Å²) < 4.78 is 1.67. The van der Waals surface area contributed by atoms with Gasteiger partial charge >= 0.3 is 5.69 Å². The first kappa shape index (κ1) is 16.6. The van der Waals surface area contributed by atoms with Crippen molar-refractivity contribution in [1.82, 2.24) is 15.1 Å². The largest absolute Gasteiger partial charge is 0.313 e. The molecule has 0 bridgehead atoms. The van der Waals surface area contributed by atoms with Crippen molar-refractivity contribution in [3.05, 3.63) is 21.5 Å². The van der Waals surface area contributed by atoms with Gasteiger partial charge in [0.1, 0.15) is 11.4 Å². The van der Waals surface area contributed by atoms with Crippen LogP contribution in [0.3, 0.4) is 0 Å². The average molecular weight is 282 g/mol. The Labute approximate surface area is 120 Å². The molecule has 0 saturated carbocycles. The average Bonchev–Trinajstić information content (AvgIpc) is 2.70. The minimum atomic E-state index is -0.293. The highest BCUT2D eigenvalue weighted by Gasteiger charge is 2.28. The van der Waals surface area contributed by atoms with Gasteiger partial charge in [-0.15, -0.1) is 0 Å². The molecule has 114 valence electrons. The summed E-state index contributed by atoms with van der Waals surface area (Å²) in [7, 11) is 1.79. The van der Waals surface area contributed by atoms with Gasteiger partial charge in [-0.3, -0.25) is 14.8 Å². The van der Waals surface area contributed by atoms with E-state index in [0.29, 0.717) is 30.1 Å². The van der Waals surface area contributed by atoms with Crippen molar-refractivity contribution in [2.75, 3.05) is 6.54 Å². The summed E-state index contributed by atoms with van der Waals surface area (Å²) in [5.41, 5.74) is 1.48. The zero-order valence-electron chi connectivity index (χ0n) is 13.1. The number of nitrogens with one attached hydrogen (secondary N) is 1. The zero-order chi connectivity index (χ0) is 15.3. The van der Waals surface area contributed by atoms with E-state index in [9.17, 15) is 10.1 Å². The summed E-state index contributed by atoms with van der Waals surface area (Å²) in [5.74, 6) is 0.418. The maximum atomic E-state index is 11.3. The lowest BCUT2D eigenvalue weighted by molar-refractivity contribution is -0.386. The molecule has 0 spiro atoms. The predicted octanol–water partition coefficient (Wildman–Crippen LogP) is 2.46. The standard InChI is InChI=1S/C14H26N4O2/c1-6-8-15-12(10(3)4)9-13-14(18(19)20)11(7-2)16-17(13)5/h10,12,15H,6-9H2,1-5H3. The summed E-state index contributed by atoms with van der Waals surface area (Å²) in [5, 5.41) is 19.1. The molecule has 0 aliphatic heterocycles. The molecule has 1 rings (SSSR count). The lowest BCUT2D eigenvalue weighted by Gasteiger charge is -2.22. The van der Waals surface area contributed by atoms with Crippen molar-refractivity contribution < 1.29 is 4.92 Å². The van der Waals surface area contributed by atoms with E-state index < -0.39 is 0 Å². The van der Waals surface area contributed by atoms with Gasteiger partial charge in [0.25, 0.3) is 0 Å². The lowest BCUT2D eigenvalue weighted by Crippen LogP contribution is -2.37. The summed E-state index contributed by atoms with van der Waals surface area (Å²) >= 11 is 0. The van der Waals surface area contributed by atoms with Gasteiger partial charge in [0.2, 0.25) is 0 Å². The summed E-state index contributed by atoms with van der Waals surface area (Å²) in [6, 6.07) is 0.230. The molecule has 0 aliphatic rings. The van der Waals surface area contributed by atoms with E-state index in [1.54, 1.807) is 11.7 Å². The van der Waals surface area contributed by atoms with Crippen LogP contribution in [0.15, 0.2) is 0 Å². The zero-order valence-corrected chi connectivity index (χ0v) is 13.1. The molecule has 0 aliphatic carbocycles. The van der Waals surface area contributed by atoms with Gasteiger partial charge in [-0.05, 0) is 25.3 Å². The van der Waals surface area contributed by atoms with Crippen molar-refractivity contribution >= 4 is 5.69 Å². The van der Waals surface area contributed by atoms with Gasteiger partial charge in [-0.1, -0.05) is 27.7 Å². The number of hydrogen-bond donors (Lipinski definition) is 1. The number of nitrogens with zero attached hydrogens (tertiary/aromatic N) is 3. The molecule has 0 saturated heterocycles. The van der Waals surface area contributed by atoms with Crippen LogP contribution < -0.4 is 5.32 Å². The highest BCUT2D eigenvalue weighted by molar-refractivity contribution is 5.41. The molecule has 1 aromatic rings. The van der Waals surface area contributed by atoms with E-state index in [-0.39, 0.29) is 16.7 Å². The fourth-order valence-electron chi connectivity index (χ4n) is 2.37. The Balaban J connectivity index is 3.05. The molecule has 0 radical (unpaired) electrons. The first-order chi connectivity index (χ1) is 9.42. The topological polar surface area (TPSA) is 73.0 Å². The van der Waals surface area contributed by atoms with Crippen LogP contribution in [0.4, 0.5) is 5.69 Å². The van der Waals surface area contributed by atoms with Crippen molar-refractivity contribution in [3.63, 3.8) is 0 Å². The van der Waals surface area contributed by atoms with Crippen molar-refractivity contribution in [1.29, 1.82) is 0 Å². The van der Waals surface area contributed by atoms with E-state index in [1.165, 1.54) is 0 Å². The summed E-state index contributed by atoms with van der Waals surface area (Å²) in [4.78, 5) is 11.0. The molecule has 6 nitrogen and oxygen atoms in total. The van der Waals surface area contributed by atoms with Crippen LogP contribution in [-0.4, -0.2) is 27.3 Å². The third-order valence-electron chi connectivity index (χ3n) is 3.60. The number of rotatable bonds is 8. The quantitative estimate of drug-likeness (QED) is 0.587. The molecule has 0 amide bonds. The van der Waals surface area contributed by atoms with Crippen LogP contribution in [0.2, 0.25) is 0 Å². The number of nitro groups is 1. The van der Waals surface area contributed by atoms with Crippen LogP contribution in [0.25, 0.3) is 0 Å². The van der Waals surface area contributed by atoms with Crippen LogP contribution in [0.1, 0.15) is 45.5 Å². The van der Waals surface area contributed by atoms with Gasteiger partial charge < -0.3 is 5.32 Å². The second kappa shape index (κ2) is 7.38. The minimum absolute atomic E-state index is 0.193. The third kappa shape index (κ3) is 3.79. The van der Waals surface area contributed by atoms with Gasteiger partial charge in [0, 0.05) is 19.5 Å². The van der Waals surface area contributed by atoms with Crippen molar-refractivity contribution in [2.24, 2.45) is 13.0 Å². The Morgan fingerprint density at radius 1 is 1.40 bits per heavy atom. The minimum Gasteiger partial charge on any atom is -0.313 e. The maximum Gasteiger partial charge on any atom is 0.313 e. The fraction of sp³-hybridized carbons (Fsp3) is 0.786. The first-order valence-corrected chi connectivity index (χ1v) is 7.34. The Morgan fingerprint density at radius 2 is 2.05 bits per heavy atom. The van der Waals surface area contributed by atoms with E-state index >= 15 is 0 Å². The fourth-order valence-corrected chi connectivity index (χ4v) is 2.37. The summed E-state index contributed by atoms with van der Waals surface area (Å²) in [6.45, 7) is 9.21. The van der Waals surface area contributed by atoms with E-state index in [4.69, 9.17) is 0 Å². The van der Waals surface area contributed by atoms with Crippen LogP contribution in [-0.2, 0) is 19.9 Å². The van der Waals surface area contributed by atoms with Crippen LogP contribution in [0.5, 0.6) is 0 Å². The number of aryl methyl sites for hydroxylation is 2. The molecule has 1 N–H and O–H groups in total. The second-order valence-corrected chi connectivity index (χ2v) is 5.49. The van der Waals surface area contributed by atoms with Crippen molar-refractivity contribution in [3.8, 4) is 0 Å². The molecule has 1 heterocycles. The Hall–Kier alpha value is -1.43. The van der Waals surface area contributed by atoms with E-state index in [2.05, 4.69) is 31.2 Å². The SMILES string of the molecule is CCCNC(Cc1c([N+](=O)[O-])c(CC)nn1C)C(C)C.